The van der Waals surface area contributed by atoms with Crippen molar-refractivity contribution < 1.29 is 13.2 Å². The molecule has 2 aliphatic rings. The molecule has 2 aliphatic heterocycles. The molecule has 1 unspecified atom stereocenters. The van der Waals surface area contributed by atoms with E-state index in [1.807, 2.05) is 17.5 Å². The number of amides is 1. The minimum absolute atomic E-state index is 0.0906. The Morgan fingerprint density at radius 3 is 2.66 bits per heavy atom. The number of hydrogen-bond donors (Lipinski definition) is 0. The van der Waals surface area contributed by atoms with Crippen molar-refractivity contribution in [2.24, 2.45) is 0 Å². The molecule has 2 fully saturated rings. The van der Waals surface area contributed by atoms with Gasteiger partial charge in [-0.25, -0.2) is 26.8 Å². The summed E-state index contributed by atoms with van der Waals surface area (Å²) < 4.78 is 28.3. The number of aromatic nitrogens is 3. The Morgan fingerprint density at radius 2 is 2.00 bits per heavy atom. The number of piperidine rings is 1. The first-order chi connectivity index (χ1) is 13.8. The van der Waals surface area contributed by atoms with Crippen LogP contribution in [-0.4, -0.2) is 70.3 Å². The SMILES string of the molecule is CS(=O)(=O)N1CCCC(c2nn(CC(=O)N3CCCC3)c(=O)n2-c2cccs2)C1. The van der Waals surface area contributed by atoms with E-state index in [1.165, 1.54) is 26.6 Å². The highest BCUT2D eigenvalue weighted by Gasteiger charge is 2.32. The monoisotopic (exact) mass is 439 g/mol. The summed E-state index contributed by atoms with van der Waals surface area (Å²) in [6.07, 6.45) is 4.62. The highest BCUT2D eigenvalue weighted by molar-refractivity contribution is 7.88. The van der Waals surface area contributed by atoms with Crippen LogP contribution in [0.1, 0.15) is 37.4 Å². The molecule has 158 valence electrons. The fraction of sp³-hybridized carbons (Fsp3) is 0.611. The van der Waals surface area contributed by atoms with Crippen LogP contribution in [0.4, 0.5) is 0 Å². The molecule has 0 N–H and O–H groups in total. The van der Waals surface area contributed by atoms with E-state index >= 15 is 0 Å². The molecular formula is C18H25N5O4S2. The Kier molecular flexibility index (Phi) is 5.63. The van der Waals surface area contributed by atoms with Gasteiger partial charge in [0.05, 0.1) is 6.26 Å². The number of carbonyl (C=O) groups is 1. The van der Waals surface area contributed by atoms with Crippen molar-refractivity contribution in [1.29, 1.82) is 0 Å². The van der Waals surface area contributed by atoms with E-state index in [-0.39, 0.29) is 24.1 Å². The summed E-state index contributed by atoms with van der Waals surface area (Å²) in [5, 5.41) is 7.12. The molecule has 1 amide bonds. The maximum atomic E-state index is 13.1. The third-order valence-electron chi connectivity index (χ3n) is 5.55. The van der Waals surface area contributed by atoms with Crippen LogP contribution >= 0.6 is 11.3 Å². The fourth-order valence-corrected chi connectivity index (χ4v) is 5.69. The van der Waals surface area contributed by atoms with Gasteiger partial charge in [0.15, 0.2) is 0 Å². The second-order valence-electron chi connectivity index (χ2n) is 7.63. The number of nitrogens with zero attached hydrogens (tertiary/aromatic N) is 5. The molecule has 0 radical (unpaired) electrons. The Labute approximate surface area is 173 Å². The molecule has 9 nitrogen and oxygen atoms in total. The van der Waals surface area contributed by atoms with Gasteiger partial charge >= 0.3 is 5.69 Å². The summed E-state index contributed by atoms with van der Waals surface area (Å²) in [4.78, 5) is 27.5. The molecule has 29 heavy (non-hydrogen) atoms. The average molecular weight is 440 g/mol. The largest absolute Gasteiger partial charge is 0.351 e. The summed E-state index contributed by atoms with van der Waals surface area (Å²) >= 11 is 1.41. The molecule has 2 saturated heterocycles. The number of sulfonamides is 1. The molecule has 0 aromatic carbocycles. The molecule has 0 aliphatic carbocycles. The molecule has 0 spiro atoms. The third-order valence-corrected chi connectivity index (χ3v) is 7.68. The molecule has 1 atom stereocenters. The minimum atomic E-state index is -3.31. The zero-order valence-corrected chi connectivity index (χ0v) is 18.0. The number of thiophene rings is 1. The summed E-state index contributed by atoms with van der Waals surface area (Å²) in [7, 11) is -3.31. The molecule has 4 rings (SSSR count). The van der Waals surface area contributed by atoms with E-state index in [1.54, 1.807) is 9.47 Å². The summed E-state index contributed by atoms with van der Waals surface area (Å²) in [6.45, 7) is 2.12. The smallest absolute Gasteiger partial charge is 0.341 e. The quantitative estimate of drug-likeness (QED) is 0.688. The van der Waals surface area contributed by atoms with Gasteiger partial charge in [0, 0.05) is 32.1 Å². The topological polar surface area (TPSA) is 97.5 Å². The number of hydrogen-bond acceptors (Lipinski definition) is 6. The normalized spacial score (nSPS) is 21.0. The van der Waals surface area contributed by atoms with Gasteiger partial charge in [-0.05, 0) is 43.2 Å². The minimum Gasteiger partial charge on any atom is -0.341 e. The van der Waals surface area contributed by atoms with Crippen LogP contribution in [0.5, 0.6) is 0 Å². The van der Waals surface area contributed by atoms with Crippen LogP contribution in [0.2, 0.25) is 0 Å². The lowest BCUT2D eigenvalue weighted by atomic mass is 9.99. The van der Waals surface area contributed by atoms with Gasteiger partial charge in [0.25, 0.3) is 0 Å². The second-order valence-corrected chi connectivity index (χ2v) is 10.5. The number of likely N-dealkylation sites (tertiary alicyclic amines) is 1. The van der Waals surface area contributed by atoms with Gasteiger partial charge in [-0.1, -0.05) is 0 Å². The zero-order valence-electron chi connectivity index (χ0n) is 16.4. The van der Waals surface area contributed by atoms with Gasteiger partial charge in [-0.3, -0.25) is 4.79 Å². The van der Waals surface area contributed by atoms with E-state index in [9.17, 15) is 18.0 Å². The predicted octanol–water partition coefficient (Wildman–Crippen LogP) is 0.857. The van der Waals surface area contributed by atoms with Crippen molar-refractivity contribution in [3.05, 3.63) is 33.8 Å². The van der Waals surface area contributed by atoms with E-state index < -0.39 is 10.0 Å². The molecule has 2 aromatic heterocycles. The maximum absolute atomic E-state index is 13.1. The lowest BCUT2D eigenvalue weighted by molar-refractivity contribution is -0.131. The molecule has 0 saturated carbocycles. The van der Waals surface area contributed by atoms with Crippen molar-refractivity contribution in [2.75, 3.05) is 32.4 Å². The Balaban J connectivity index is 1.69. The highest BCUT2D eigenvalue weighted by Crippen LogP contribution is 2.28. The highest BCUT2D eigenvalue weighted by atomic mass is 32.2. The van der Waals surface area contributed by atoms with E-state index in [2.05, 4.69) is 5.10 Å². The lowest BCUT2D eigenvalue weighted by Crippen LogP contribution is -2.39. The van der Waals surface area contributed by atoms with E-state index in [0.717, 1.165) is 37.4 Å². The first kappa shape index (κ1) is 20.3. The van der Waals surface area contributed by atoms with Crippen molar-refractivity contribution in [1.82, 2.24) is 23.6 Å². The molecule has 4 heterocycles. The van der Waals surface area contributed by atoms with Crippen molar-refractivity contribution >= 4 is 27.3 Å². The fourth-order valence-electron chi connectivity index (χ4n) is 4.05. The standard InChI is InChI=1S/C18H25N5O4S2/c1-29(26,27)21-10-4-6-14(12-21)17-19-22(13-15(24)20-8-2-3-9-20)18(25)23(17)16-7-5-11-28-16/h5,7,11,14H,2-4,6,8-10,12-13H2,1H3. The van der Waals surface area contributed by atoms with Crippen LogP contribution in [0.3, 0.4) is 0 Å². The van der Waals surface area contributed by atoms with Gasteiger partial charge < -0.3 is 4.90 Å². The predicted molar refractivity (Wildman–Crippen MR) is 110 cm³/mol. The van der Waals surface area contributed by atoms with E-state index in [4.69, 9.17) is 0 Å². The van der Waals surface area contributed by atoms with Gasteiger partial charge in [-0.2, -0.15) is 5.10 Å². The first-order valence-electron chi connectivity index (χ1n) is 9.81. The Bertz CT molecular complexity index is 1030. The number of rotatable bonds is 5. The lowest BCUT2D eigenvalue weighted by Gasteiger charge is -2.30. The van der Waals surface area contributed by atoms with E-state index in [0.29, 0.717) is 25.3 Å². The van der Waals surface area contributed by atoms with Crippen molar-refractivity contribution in [3.8, 4) is 5.00 Å². The zero-order chi connectivity index (χ0) is 20.6. The molecule has 2 aromatic rings. The maximum Gasteiger partial charge on any atom is 0.351 e. The average Bonchev–Trinajstić information content (AvgIpc) is 3.43. The first-order valence-corrected chi connectivity index (χ1v) is 12.5. The number of carbonyl (C=O) groups excluding carboxylic acids is 1. The second kappa shape index (κ2) is 8.04. The van der Waals surface area contributed by atoms with Crippen LogP contribution in [0.15, 0.2) is 22.3 Å². The van der Waals surface area contributed by atoms with Crippen LogP contribution in [0, 0.1) is 0 Å². The molecule has 11 heteroatoms. The van der Waals surface area contributed by atoms with Gasteiger partial charge in [-0.15, -0.1) is 11.3 Å². The molecular weight excluding hydrogens is 414 g/mol. The van der Waals surface area contributed by atoms with Crippen molar-refractivity contribution in [2.45, 2.75) is 38.1 Å². The Hall–Kier alpha value is -1.98. The summed E-state index contributed by atoms with van der Waals surface area (Å²) in [5.74, 6) is 0.227. The van der Waals surface area contributed by atoms with Crippen LogP contribution in [-0.2, 0) is 21.4 Å². The summed E-state index contributed by atoms with van der Waals surface area (Å²) in [6, 6.07) is 3.69. The summed E-state index contributed by atoms with van der Waals surface area (Å²) in [5.41, 5.74) is -0.355. The Morgan fingerprint density at radius 1 is 1.24 bits per heavy atom. The third kappa shape index (κ3) is 4.17. The van der Waals surface area contributed by atoms with Gasteiger partial charge in [0.1, 0.15) is 17.4 Å². The van der Waals surface area contributed by atoms with Crippen LogP contribution in [0.25, 0.3) is 5.00 Å². The van der Waals surface area contributed by atoms with Crippen LogP contribution < -0.4 is 5.69 Å². The molecule has 0 bridgehead atoms. The van der Waals surface area contributed by atoms with Gasteiger partial charge in [0.2, 0.25) is 15.9 Å². The van der Waals surface area contributed by atoms with Crippen molar-refractivity contribution in [3.63, 3.8) is 0 Å².